The van der Waals surface area contributed by atoms with E-state index in [0.717, 1.165) is 6.07 Å². The van der Waals surface area contributed by atoms with E-state index in [-0.39, 0.29) is 11.6 Å². The molecule has 0 atom stereocenters. The van der Waals surface area contributed by atoms with Gasteiger partial charge in [0.25, 0.3) is 5.91 Å². The molecule has 0 unspecified atom stereocenters. The molecule has 8 heteroatoms. The van der Waals surface area contributed by atoms with E-state index in [0.29, 0.717) is 11.0 Å². The van der Waals surface area contributed by atoms with Gasteiger partial charge in [-0.05, 0) is 18.2 Å². The van der Waals surface area contributed by atoms with Gasteiger partial charge in [-0.25, -0.2) is 9.69 Å². The number of carbonyl (C=O) groups excluding carboxylic acids is 2. The van der Waals surface area contributed by atoms with E-state index in [4.69, 9.17) is 11.6 Å². The molecule has 1 fully saturated rings. The molecule has 2 rings (SSSR count). The van der Waals surface area contributed by atoms with Crippen LogP contribution in [0.3, 0.4) is 0 Å². The fourth-order valence-corrected chi connectivity index (χ4v) is 1.77. The molecular weight excluding hydrogens is 273 g/mol. The maximum absolute atomic E-state index is 12.8. The van der Waals surface area contributed by atoms with Crippen LogP contribution in [0.4, 0.5) is 23.7 Å². The lowest BCUT2D eigenvalue weighted by molar-refractivity contribution is -0.137. The fourth-order valence-electron chi connectivity index (χ4n) is 1.60. The third-order valence-corrected chi connectivity index (χ3v) is 2.58. The van der Waals surface area contributed by atoms with Crippen LogP contribution >= 0.6 is 11.6 Å². The average Bonchev–Trinajstić information content (AvgIpc) is 2.58. The van der Waals surface area contributed by atoms with Crippen molar-refractivity contribution in [2.45, 2.75) is 6.18 Å². The van der Waals surface area contributed by atoms with Crippen LogP contribution in [0.25, 0.3) is 0 Å². The van der Waals surface area contributed by atoms with Crippen LogP contribution in [0.15, 0.2) is 18.2 Å². The lowest BCUT2D eigenvalue weighted by Crippen LogP contribution is -2.32. The second kappa shape index (κ2) is 4.16. The molecule has 96 valence electrons. The molecule has 0 bridgehead atoms. The molecule has 4 nitrogen and oxygen atoms in total. The molecule has 1 saturated heterocycles. The van der Waals surface area contributed by atoms with Gasteiger partial charge in [0.2, 0.25) is 0 Å². The highest BCUT2D eigenvalue weighted by atomic mass is 35.5. The van der Waals surface area contributed by atoms with Gasteiger partial charge in [0.05, 0.1) is 17.8 Å². The first-order chi connectivity index (χ1) is 8.30. The van der Waals surface area contributed by atoms with Crippen LogP contribution in [0.5, 0.6) is 0 Å². The van der Waals surface area contributed by atoms with Gasteiger partial charge in [0.1, 0.15) is 0 Å². The summed E-state index contributed by atoms with van der Waals surface area (Å²) in [6.45, 7) is -0.321. The zero-order valence-electron chi connectivity index (χ0n) is 8.71. The molecule has 1 aliphatic heterocycles. The Bertz CT molecular complexity index is 514. The number of imide groups is 1. The second-order valence-corrected chi connectivity index (χ2v) is 3.98. The van der Waals surface area contributed by atoms with E-state index in [9.17, 15) is 22.8 Å². The number of alkyl halides is 3. The highest BCUT2D eigenvalue weighted by molar-refractivity contribution is 6.31. The van der Waals surface area contributed by atoms with Gasteiger partial charge in [-0.1, -0.05) is 11.6 Å². The number of amides is 3. The molecule has 0 aliphatic carbocycles. The first-order valence-corrected chi connectivity index (χ1v) is 5.16. The predicted octanol–water partition coefficient (Wildman–Crippen LogP) is 2.42. The molecule has 1 aliphatic rings. The summed E-state index contributed by atoms with van der Waals surface area (Å²) in [6, 6.07) is 1.97. The highest BCUT2D eigenvalue weighted by Crippen LogP contribution is 2.38. The van der Waals surface area contributed by atoms with Crippen LogP contribution in [0.1, 0.15) is 5.56 Å². The number of nitrogens with zero attached hydrogens (tertiary/aromatic N) is 1. The molecule has 1 aromatic rings. The minimum atomic E-state index is -4.70. The Morgan fingerprint density at radius 3 is 2.44 bits per heavy atom. The maximum Gasteiger partial charge on any atom is 0.418 e. The van der Waals surface area contributed by atoms with Gasteiger partial charge in [-0.3, -0.25) is 4.79 Å². The molecule has 0 spiro atoms. The summed E-state index contributed by atoms with van der Waals surface area (Å²) >= 11 is 5.50. The van der Waals surface area contributed by atoms with Crippen LogP contribution in [0, 0.1) is 0 Å². The van der Waals surface area contributed by atoms with Crippen molar-refractivity contribution >= 4 is 29.2 Å². The molecular formula is C10H6ClF3N2O2. The maximum atomic E-state index is 12.8. The monoisotopic (exact) mass is 278 g/mol. The van der Waals surface area contributed by atoms with E-state index in [2.05, 4.69) is 5.32 Å². The van der Waals surface area contributed by atoms with E-state index in [1.54, 1.807) is 0 Å². The predicted molar refractivity (Wildman–Crippen MR) is 57.3 cm³/mol. The molecule has 1 aromatic carbocycles. The summed E-state index contributed by atoms with van der Waals surface area (Å²) in [6.07, 6.45) is -4.70. The number of benzene rings is 1. The summed E-state index contributed by atoms with van der Waals surface area (Å²) in [7, 11) is 0. The summed E-state index contributed by atoms with van der Waals surface area (Å²) in [4.78, 5) is 23.2. The summed E-state index contributed by atoms with van der Waals surface area (Å²) in [5.74, 6) is -0.743. The fraction of sp³-hybridized carbons (Fsp3) is 0.200. The van der Waals surface area contributed by atoms with Crippen molar-refractivity contribution in [2.75, 3.05) is 11.4 Å². The Morgan fingerprint density at radius 2 is 1.94 bits per heavy atom. The summed E-state index contributed by atoms with van der Waals surface area (Å²) in [5.41, 5.74) is -1.65. The van der Waals surface area contributed by atoms with Gasteiger partial charge in [-0.15, -0.1) is 0 Å². The second-order valence-electron chi connectivity index (χ2n) is 3.55. The Kier molecular flexibility index (Phi) is 2.94. The quantitative estimate of drug-likeness (QED) is 0.802. The minimum Gasteiger partial charge on any atom is -0.328 e. The van der Waals surface area contributed by atoms with Crippen LogP contribution in [-0.4, -0.2) is 18.5 Å². The average molecular weight is 279 g/mol. The highest BCUT2D eigenvalue weighted by Gasteiger charge is 2.40. The molecule has 0 aromatic heterocycles. The Morgan fingerprint density at radius 1 is 1.28 bits per heavy atom. The zero-order valence-corrected chi connectivity index (χ0v) is 9.47. The van der Waals surface area contributed by atoms with Crippen molar-refractivity contribution in [1.29, 1.82) is 0 Å². The van der Waals surface area contributed by atoms with Crippen molar-refractivity contribution < 1.29 is 22.8 Å². The van der Waals surface area contributed by atoms with Crippen molar-refractivity contribution in [1.82, 2.24) is 5.32 Å². The van der Waals surface area contributed by atoms with Crippen molar-refractivity contribution in [3.63, 3.8) is 0 Å². The van der Waals surface area contributed by atoms with Crippen molar-refractivity contribution in [3.8, 4) is 0 Å². The molecule has 3 amide bonds. The number of halogens is 4. The first-order valence-electron chi connectivity index (χ1n) is 4.78. The number of hydrogen-bond donors (Lipinski definition) is 1. The van der Waals surface area contributed by atoms with Crippen molar-refractivity contribution in [3.05, 3.63) is 28.8 Å². The largest absolute Gasteiger partial charge is 0.418 e. The minimum absolute atomic E-state index is 0.127. The van der Waals surface area contributed by atoms with Gasteiger partial charge < -0.3 is 5.32 Å². The van der Waals surface area contributed by atoms with Gasteiger partial charge >= 0.3 is 12.2 Å². The lowest BCUT2D eigenvalue weighted by atomic mass is 10.1. The van der Waals surface area contributed by atoms with Crippen LogP contribution in [-0.2, 0) is 11.0 Å². The number of rotatable bonds is 1. The summed E-state index contributed by atoms with van der Waals surface area (Å²) < 4.78 is 38.4. The van der Waals surface area contributed by atoms with Gasteiger partial charge in [-0.2, -0.15) is 13.2 Å². The molecule has 1 heterocycles. The Labute approximate surface area is 104 Å². The van der Waals surface area contributed by atoms with Crippen LogP contribution in [0.2, 0.25) is 5.02 Å². The third kappa shape index (κ3) is 2.13. The molecule has 1 N–H and O–H groups in total. The molecule has 18 heavy (non-hydrogen) atoms. The van der Waals surface area contributed by atoms with E-state index in [1.807, 2.05) is 0 Å². The number of hydrogen-bond acceptors (Lipinski definition) is 2. The number of nitrogens with one attached hydrogen (secondary N) is 1. The lowest BCUT2D eigenvalue weighted by Gasteiger charge is -2.18. The van der Waals surface area contributed by atoms with Crippen molar-refractivity contribution in [2.24, 2.45) is 0 Å². The summed E-state index contributed by atoms with van der Waals surface area (Å²) in [5, 5.41) is 2.02. The standard InChI is InChI=1S/C10H6ClF3N2O2/c11-5-1-2-7(6(3-5)10(12,13)14)16-8(17)4-15-9(16)18/h1-3H,4H2,(H,15,18). The van der Waals surface area contributed by atoms with E-state index < -0.39 is 29.4 Å². The normalized spacial score (nSPS) is 16.1. The van der Waals surface area contributed by atoms with E-state index in [1.165, 1.54) is 6.07 Å². The molecule has 0 saturated carbocycles. The Balaban J connectivity index is 2.57. The number of anilines is 1. The smallest absolute Gasteiger partial charge is 0.328 e. The number of carbonyl (C=O) groups is 2. The third-order valence-electron chi connectivity index (χ3n) is 2.35. The van der Waals surface area contributed by atoms with Crippen LogP contribution < -0.4 is 10.2 Å². The van der Waals surface area contributed by atoms with Gasteiger partial charge in [0, 0.05) is 5.02 Å². The SMILES string of the molecule is O=C1CNC(=O)N1c1ccc(Cl)cc1C(F)(F)F. The van der Waals surface area contributed by atoms with Gasteiger partial charge in [0.15, 0.2) is 0 Å². The number of urea groups is 1. The topological polar surface area (TPSA) is 49.4 Å². The molecule has 0 radical (unpaired) electrons. The zero-order chi connectivity index (χ0) is 13.5. The Hall–Kier alpha value is -1.76. The first kappa shape index (κ1) is 12.7. The van der Waals surface area contributed by atoms with E-state index >= 15 is 0 Å².